The number of likely N-dealkylation sites (N-methyl/N-ethyl adjacent to an activating group) is 1. The largest absolute Gasteiger partial charge is 0.354 e. The summed E-state index contributed by atoms with van der Waals surface area (Å²) in [6.07, 6.45) is 1.31. The molecule has 0 atom stereocenters. The Morgan fingerprint density at radius 3 is 2.23 bits per heavy atom. The highest BCUT2D eigenvalue weighted by molar-refractivity contribution is 5.81. The molecule has 0 spiro atoms. The zero-order valence-corrected chi connectivity index (χ0v) is 9.59. The summed E-state index contributed by atoms with van der Waals surface area (Å²) in [4.78, 5) is 6.10. The third kappa shape index (κ3) is 5.50. The summed E-state index contributed by atoms with van der Waals surface area (Å²) in [5, 5.41) is 3.13. The molecule has 1 aliphatic heterocycles. The van der Waals surface area contributed by atoms with Crippen molar-refractivity contribution in [3.8, 4) is 0 Å². The molecule has 13 heavy (non-hydrogen) atoms. The third-order valence-electron chi connectivity index (χ3n) is 2.12. The maximum absolute atomic E-state index is 4.00. The molecule has 0 aromatic carbocycles. The van der Waals surface area contributed by atoms with Crippen LogP contribution in [-0.4, -0.2) is 38.0 Å². The highest BCUT2D eigenvalue weighted by atomic mass is 15.3. The molecule has 0 radical (unpaired) electrons. The lowest BCUT2D eigenvalue weighted by molar-refractivity contribution is 0.562. The SMILES string of the molecule is CCC(C)C.CN=C1NCCN1C. The van der Waals surface area contributed by atoms with Gasteiger partial charge in [0.1, 0.15) is 0 Å². The lowest BCUT2D eigenvalue weighted by atomic mass is 10.2. The molecular weight excluding hydrogens is 162 g/mol. The van der Waals surface area contributed by atoms with Crippen molar-refractivity contribution >= 4 is 5.96 Å². The van der Waals surface area contributed by atoms with Crippen LogP contribution in [0.3, 0.4) is 0 Å². The van der Waals surface area contributed by atoms with Gasteiger partial charge in [-0.2, -0.15) is 0 Å². The first-order chi connectivity index (χ1) is 6.11. The van der Waals surface area contributed by atoms with E-state index in [1.165, 1.54) is 6.42 Å². The lowest BCUT2D eigenvalue weighted by Crippen LogP contribution is -2.25. The monoisotopic (exact) mass is 185 g/mol. The molecule has 1 N–H and O–H groups in total. The van der Waals surface area contributed by atoms with Gasteiger partial charge < -0.3 is 10.2 Å². The first-order valence-corrected chi connectivity index (χ1v) is 5.03. The first-order valence-electron chi connectivity index (χ1n) is 5.03. The Morgan fingerprint density at radius 1 is 1.54 bits per heavy atom. The Bertz CT molecular complexity index is 152. The second kappa shape index (κ2) is 6.75. The number of hydrogen-bond acceptors (Lipinski definition) is 1. The van der Waals surface area contributed by atoms with Crippen LogP contribution >= 0.6 is 0 Å². The van der Waals surface area contributed by atoms with Crippen molar-refractivity contribution in [1.82, 2.24) is 10.2 Å². The van der Waals surface area contributed by atoms with Gasteiger partial charge in [-0.3, -0.25) is 4.99 Å². The molecule has 0 bridgehead atoms. The molecule has 0 aliphatic carbocycles. The van der Waals surface area contributed by atoms with Crippen molar-refractivity contribution in [3.63, 3.8) is 0 Å². The predicted octanol–water partition coefficient (Wildman–Crippen LogP) is 1.56. The predicted molar refractivity (Wildman–Crippen MR) is 59.1 cm³/mol. The Hall–Kier alpha value is -0.730. The second-order valence-electron chi connectivity index (χ2n) is 3.70. The highest BCUT2D eigenvalue weighted by Gasteiger charge is 2.10. The van der Waals surface area contributed by atoms with Crippen molar-refractivity contribution < 1.29 is 0 Å². The third-order valence-corrected chi connectivity index (χ3v) is 2.12. The van der Waals surface area contributed by atoms with E-state index in [1.807, 2.05) is 7.05 Å². The van der Waals surface area contributed by atoms with Crippen LogP contribution < -0.4 is 5.32 Å². The summed E-state index contributed by atoms with van der Waals surface area (Å²) >= 11 is 0. The zero-order chi connectivity index (χ0) is 10.3. The van der Waals surface area contributed by atoms with E-state index in [1.54, 1.807) is 7.05 Å². The molecule has 78 valence electrons. The fraction of sp³-hybridized carbons (Fsp3) is 0.900. The molecule has 0 amide bonds. The van der Waals surface area contributed by atoms with Gasteiger partial charge in [0.15, 0.2) is 5.96 Å². The van der Waals surface area contributed by atoms with Crippen molar-refractivity contribution in [3.05, 3.63) is 0 Å². The van der Waals surface area contributed by atoms with E-state index in [9.17, 15) is 0 Å². The summed E-state index contributed by atoms with van der Waals surface area (Å²) in [5.41, 5.74) is 0. The fourth-order valence-electron chi connectivity index (χ4n) is 0.826. The molecule has 0 unspecified atom stereocenters. The smallest absolute Gasteiger partial charge is 0.193 e. The minimum Gasteiger partial charge on any atom is -0.354 e. The quantitative estimate of drug-likeness (QED) is 0.671. The van der Waals surface area contributed by atoms with Gasteiger partial charge in [-0.25, -0.2) is 0 Å². The Kier molecular flexibility index (Phi) is 6.37. The number of nitrogens with one attached hydrogen (secondary N) is 1. The van der Waals surface area contributed by atoms with Gasteiger partial charge in [0.25, 0.3) is 0 Å². The lowest BCUT2D eigenvalue weighted by Gasteiger charge is -2.07. The van der Waals surface area contributed by atoms with Crippen molar-refractivity contribution in [2.45, 2.75) is 27.2 Å². The van der Waals surface area contributed by atoms with Gasteiger partial charge in [0.2, 0.25) is 0 Å². The topological polar surface area (TPSA) is 27.6 Å². The highest BCUT2D eigenvalue weighted by Crippen LogP contribution is 1.93. The maximum Gasteiger partial charge on any atom is 0.193 e. The molecule has 0 aromatic rings. The molecule has 3 heteroatoms. The van der Waals surface area contributed by atoms with Gasteiger partial charge in [0.05, 0.1) is 0 Å². The minimum absolute atomic E-state index is 0.884. The number of aliphatic imine (C=N–C) groups is 1. The van der Waals surface area contributed by atoms with Crippen molar-refractivity contribution in [2.75, 3.05) is 27.2 Å². The molecule has 3 nitrogen and oxygen atoms in total. The van der Waals surface area contributed by atoms with Crippen LogP contribution in [0.25, 0.3) is 0 Å². The first kappa shape index (κ1) is 12.3. The molecule has 1 aliphatic rings. The Morgan fingerprint density at radius 2 is 2.08 bits per heavy atom. The van der Waals surface area contributed by atoms with Crippen LogP contribution in [0.4, 0.5) is 0 Å². The second-order valence-corrected chi connectivity index (χ2v) is 3.70. The Balaban J connectivity index is 0.000000252. The standard InChI is InChI=1S/C5H11N3.C5H12/c1-6-5-7-3-4-8(5)2;1-4-5(2)3/h3-4H2,1-2H3,(H,6,7);5H,4H2,1-3H3. The van der Waals surface area contributed by atoms with Crippen LogP contribution in [0, 0.1) is 5.92 Å². The number of nitrogens with zero attached hydrogens (tertiary/aromatic N) is 2. The summed E-state index contributed by atoms with van der Waals surface area (Å²) in [6.45, 7) is 8.75. The summed E-state index contributed by atoms with van der Waals surface area (Å²) in [5.74, 6) is 1.89. The van der Waals surface area contributed by atoms with Gasteiger partial charge in [-0.05, 0) is 5.92 Å². The van der Waals surface area contributed by atoms with Crippen LogP contribution in [0.1, 0.15) is 27.2 Å². The van der Waals surface area contributed by atoms with Gasteiger partial charge in [-0.15, -0.1) is 0 Å². The normalized spacial score (nSPS) is 18.6. The van der Waals surface area contributed by atoms with E-state index in [0.717, 1.165) is 25.0 Å². The minimum atomic E-state index is 0.884. The van der Waals surface area contributed by atoms with Gasteiger partial charge in [0, 0.05) is 27.2 Å². The average molecular weight is 185 g/mol. The van der Waals surface area contributed by atoms with E-state index >= 15 is 0 Å². The molecule has 0 aromatic heterocycles. The van der Waals surface area contributed by atoms with Crippen LogP contribution in [0.2, 0.25) is 0 Å². The molecular formula is C10H23N3. The number of rotatable bonds is 1. The van der Waals surface area contributed by atoms with Gasteiger partial charge in [-0.1, -0.05) is 27.2 Å². The van der Waals surface area contributed by atoms with E-state index < -0.39 is 0 Å². The number of hydrogen-bond donors (Lipinski definition) is 1. The summed E-state index contributed by atoms with van der Waals surface area (Å²) in [6, 6.07) is 0. The van der Waals surface area contributed by atoms with Crippen molar-refractivity contribution in [2.24, 2.45) is 10.9 Å². The van der Waals surface area contributed by atoms with Crippen molar-refractivity contribution in [1.29, 1.82) is 0 Å². The maximum atomic E-state index is 4.00. The molecule has 1 heterocycles. The van der Waals surface area contributed by atoms with Crippen LogP contribution in [0.15, 0.2) is 4.99 Å². The molecule has 1 rings (SSSR count). The van der Waals surface area contributed by atoms with E-state index in [2.05, 4.69) is 36.0 Å². The fourth-order valence-corrected chi connectivity index (χ4v) is 0.826. The molecule has 0 saturated carbocycles. The summed E-state index contributed by atoms with van der Waals surface area (Å²) < 4.78 is 0. The summed E-state index contributed by atoms with van der Waals surface area (Å²) in [7, 11) is 3.83. The van der Waals surface area contributed by atoms with Crippen LogP contribution in [-0.2, 0) is 0 Å². The van der Waals surface area contributed by atoms with E-state index in [0.29, 0.717) is 0 Å². The van der Waals surface area contributed by atoms with Crippen LogP contribution in [0.5, 0.6) is 0 Å². The van der Waals surface area contributed by atoms with E-state index in [4.69, 9.17) is 0 Å². The van der Waals surface area contributed by atoms with E-state index in [-0.39, 0.29) is 0 Å². The zero-order valence-electron chi connectivity index (χ0n) is 9.59. The number of guanidine groups is 1. The molecule has 1 saturated heterocycles. The molecule has 1 fully saturated rings. The Labute approximate surface area is 82.2 Å². The average Bonchev–Trinajstić information content (AvgIpc) is 2.52. The van der Waals surface area contributed by atoms with Gasteiger partial charge >= 0.3 is 0 Å².